The second kappa shape index (κ2) is 4.90. The van der Waals surface area contributed by atoms with Crippen molar-refractivity contribution in [2.24, 2.45) is 0 Å². The van der Waals surface area contributed by atoms with Crippen molar-refractivity contribution in [2.75, 3.05) is 19.9 Å². The Morgan fingerprint density at radius 2 is 2.33 bits per heavy atom. The van der Waals surface area contributed by atoms with Crippen LogP contribution in [0.1, 0.15) is 24.4 Å². The topological polar surface area (TPSA) is 21.3 Å². The van der Waals surface area contributed by atoms with Gasteiger partial charge in [0.1, 0.15) is 5.75 Å². The first kappa shape index (κ1) is 10.8. The van der Waals surface area contributed by atoms with Gasteiger partial charge in [0, 0.05) is 10.9 Å². The normalized spacial score (nSPS) is 20.5. The molecular weight excluding hydrogens is 206 g/mol. The zero-order valence-corrected chi connectivity index (χ0v) is 10.1. The lowest BCUT2D eigenvalue weighted by atomic mass is 10.0. The molecule has 0 amide bonds. The highest BCUT2D eigenvalue weighted by Crippen LogP contribution is 2.36. The van der Waals surface area contributed by atoms with E-state index in [2.05, 4.69) is 17.4 Å². The number of fused-ring (bicyclic) bond motifs is 1. The Balaban J connectivity index is 2.38. The van der Waals surface area contributed by atoms with Crippen molar-refractivity contribution in [3.05, 3.63) is 23.8 Å². The molecule has 1 heterocycles. The molecule has 0 aromatic heterocycles. The van der Waals surface area contributed by atoms with Crippen LogP contribution in [-0.4, -0.2) is 19.9 Å². The van der Waals surface area contributed by atoms with E-state index in [0.717, 1.165) is 5.75 Å². The van der Waals surface area contributed by atoms with Crippen LogP contribution in [0.5, 0.6) is 5.75 Å². The van der Waals surface area contributed by atoms with Crippen molar-refractivity contribution in [2.45, 2.75) is 23.8 Å². The van der Waals surface area contributed by atoms with Crippen molar-refractivity contribution in [1.82, 2.24) is 5.32 Å². The molecule has 1 aliphatic heterocycles. The average molecular weight is 223 g/mol. The fourth-order valence-electron chi connectivity index (χ4n) is 1.98. The maximum atomic E-state index is 5.28. The minimum atomic E-state index is 0.477. The van der Waals surface area contributed by atoms with E-state index in [1.165, 1.54) is 29.1 Å². The molecule has 2 rings (SSSR count). The third kappa shape index (κ3) is 2.29. The molecule has 15 heavy (non-hydrogen) atoms. The van der Waals surface area contributed by atoms with E-state index in [1.54, 1.807) is 7.11 Å². The van der Waals surface area contributed by atoms with Gasteiger partial charge in [-0.2, -0.15) is 0 Å². The molecule has 2 nitrogen and oxygen atoms in total. The Kier molecular flexibility index (Phi) is 3.54. The van der Waals surface area contributed by atoms with Gasteiger partial charge in [-0.15, -0.1) is 11.8 Å². The molecule has 0 radical (unpaired) electrons. The van der Waals surface area contributed by atoms with Gasteiger partial charge >= 0.3 is 0 Å². The van der Waals surface area contributed by atoms with Gasteiger partial charge < -0.3 is 10.1 Å². The summed E-state index contributed by atoms with van der Waals surface area (Å²) in [6.45, 7) is 0. The van der Waals surface area contributed by atoms with Crippen LogP contribution in [0.2, 0.25) is 0 Å². The van der Waals surface area contributed by atoms with E-state index < -0.39 is 0 Å². The molecule has 82 valence electrons. The number of nitrogens with one attached hydrogen (secondary N) is 1. The summed E-state index contributed by atoms with van der Waals surface area (Å²) in [5.74, 6) is 2.17. The van der Waals surface area contributed by atoms with E-state index in [4.69, 9.17) is 4.74 Å². The fraction of sp³-hybridized carbons (Fsp3) is 0.500. The van der Waals surface area contributed by atoms with E-state index in [9.17, 15) is 0 Å². The first-order chi connectivity index (χ1) is 7.35. The van der Waals surface area contributed by atoms with Crippen molar-refractivity contribution in [1.29, 1.82) is 0 Å². The van der Waals surface area contributed by atoms with E-state index in [1.807, 2.05) is 24.9 Å². The molecule has 3 heteroatoms. The van der Waals surface area contributed by atoms with Gasteiger partial charge in [-0.25, -0.2) is 0 Å². The van der Waals surface area contributed by atoms with Crippen molar-refractivity contribution in [3.63, 3.8) is 0 Å². The molecule has 0 spiro atoms. The first-order valence-corrected chi connectivity index (χ1v) is 6.31. The quantitative estimate of drug-likeness (QED) is 0.833. The van der Waals surface area contributed by atoms with Gasteiger partial charge in [0.15, 0.2) is 0 Å². The highest BCUT2D eigenvalue weighted by molar-refractivity contribution is 7.99. The second-order valence-corrected chi connectivity index (χ2v) is 4.87. The maximum absolute atomic E-state index is 5.28. The van der Waals surface area contributed by atoms with Crippen LogP contribution in [0.25, 0.3) is 0 Å². The van der Waals surface area contributed by atoms with Crippen LogP contribution < -0.4 is 10.1 Å². The third-order valence-electron chi connectivity index (χ3n) is 2.84. The van der Waals surface area contributed by atoms with Crippen LogP contribution in [0, 0.1) is 0 Å². The Bertz CT molecular complexity index is 340. The zero-order chi connectivity index (χ0) is 10.7. The van der Waals surface area contributed by atoms with Crippen LogP contribution >= 0.6 is 11.8 Å². The molecule has 1 atom stereocenters. The monoisotopic (exact) mass is 223 g/mol. The molecule has 0 fully saturated rings. The predicted molar refractivity (Wildman–Crippen MR) is 64.8 cm³/mol. The number of benzene rings is 1. The van der Waals surface area contributed by atoms with Crippen LogP contribution in [0.4, 0.5) is 0 Å². The van der Waals surface area contributed by atoms with Crippen LogP contribution in [-0.2, 0) is 0 Å². The number of methoxy groups -OCH3 is 1. The van der Waals surface area contributed by atoms with E-state index in [-0.39, 0.29) is 0 Å². The summed E-state index contributed by atoms with van der Waals surface area (Å²) in [5, 5.41) is 3.38. The predicted octanol–water partition coefficient (Wildman–Crippen LogP) is 2.84. The lowest BCUT2D eigenvalue weighted by Crippen LogP contribution is -2.16. The SMILES string of the molecule is CNC1CCCSc2ccc(OC)cc21. The highest BCUT2D eigenvalue weighted by atomic mass is 32.2. The summed E-state index contributed by atoms with van der Waals surface area (Å²) in [4.78, 5) is 1.40. The number of hydrogen-bond donors (Lipinski definition) is 1. The first-order valence-electron chi connectivity index (χ1n) is 5.33. The van der Waals surface area contributed by atoms with Crippen molar-refractivity contribution >= 4 is 11.8 Å². The summed E-state index contributed by atoms with van der Waals surface area (Å²) in [5.41, 5.74) is 1.39. The number of ether oxygens (including phenoxy) is 1. The lowest BCUT2D eigenvalue weighted by Gasteiger charge is -2.17. The molecule has 0 saturated heterocycles. The minimum absolute atomic E-state index is 0.477. The largest absolute Gasteiger partial charge is 0.497 e. The molecule has 1 aliphatic rings. The lowest BCUT2D eigenvalue weighted by molar-refractivity contribution is 0.412. The highest BCUT2D eigenvalue weighted by Gasteiger charge is 2.17. The van der Waals surface area contributed by atoms with E-state index in [0.29, 0.717) is 6.04 Å². The van der Waals surface area contributed by atoms with Gasteiger partial charge in [0.05, 0.1) is 7.11 Å². The molecule has 0 saturated carbocycles. The zero-order valence-electron chi connectivity index (χ0n) is 9.25. The minimum Gasteiger partial charge on any atom is -0.497 e. The Labute approximate surface area is 95.4 Å². The Hall–Kier alpha value is -0.670. The summed E-state index contributed by atoms with van der Waals surface area (Å²) in [7, 11) is 3.75. The molecule has 1 N–H and O–H groups in total. The van der Waals surface area contributed by atoms with Gasteiger partial charge in [0.2, 0.25) is 0 Å². The smallest absolute Gasteiger partial charge is 0.119 e. The molecule has 0 aliphatic carbocycles. The average Bonchev–Trinajstić information content (AvgIpc) is 2.49. The van der Waals surface area contributed by atoms with Gasteiger partial charge in [-0.3, -0.25) is 0 Å². The maximum Gasteiger partial charge on any atom is 0.119 e. The molecule has 0 bridgehead atoms. The van der Waals surface area contributed by atoms with Crippen LogP contribution in [0.15, 0.2) is 23.1 Å². The van der Waals surface area contributed by atoms with E-state index >= 15 is 0 Å². The van der Waals surface area contributed by atoms with Gasteiger partial charge in [-0.1, -0.05) is 0 Å². The summed E-state index contributed by atoms with van der Waals surface area (Å²) in [6, 6.07) is 6.86. The van der Waals surface area contributed by atoms with Gasteiger partial charge in [0.25, 0.3) is 0 Å². The van der Waals surface area contributed by atoms with Crippen molar-refractivity contribution in [3.8, 4) is 5.75 Å². The summed E-state index contributed by atoms with van der Waals surface area (Å²) >= 11 is 1.95. The van der Waals surface area contributed by atoms with Crippen LogP contribution in [0.3, 0.4) is 0 Å². The second-order valence-electron chi connectivity index (χ2n) is 3.74. The summed E-state index contributed by atoms with van der Waals surface area (Å²) < 4.78 is 5.28. The number of hydrogen-bond acceptors (Lipinski definition) is 3. The van der Waals surface area contributed by atoms with Gasteiger partial charge in [-0.05, 0) is 49.4 Å². The third-order valence-corrected chi connectivity index (χ3v) is 4.01. The number of rotatable bonds is 2. The molecule has 1 unspecified atom stereocenters. The fourth-order valence-corrected chi connectivity index (χ4v) is 3.05. The Morgan fingerprint density at radius 3 is 3.07 bits per heavy atom. The Morgan fingerprint density at radius 1 is 1.47 bits per heavy atom. The molecule has 1 aromatic carbocycles. The summed E-state index contributed by atoms with van der Waals surface area (Å²) in [6.07, 6.45) is 2.48. The standard InChI is InChI=1S/C12H17NOS/c1-13-11-4-3-7-15-12-6-5-9(14-2)8-10(11)12/h5-6,8,11,13H,3-4,7H2,1-2H3. The number of thioether (sulfide) groups is 1. The molecule has 1 aromatic rings. The molecular formula is C12H17NOS. The van der Waals surface area contributed by atoms with Crippen molar-refractivity contribution < 1.29 is 4.74 Å².